The molecule has 0 saturated carbocycles. The van der Waals surface area contributed by atoms with Gasteiger partial charge >= 0.3 is 0 Å². The van der Waals surface area contributed by atoms with Crippen molar-refractivity contribution in [3.63, 3.8) is 0 Å². The summed E-state index contributed by atoms with van der Waals surface area (Å²) in [6.45, 7) is 4.22. The Labute approximate surface area is 153 Å². The van der Waals surface area contributed by atoms with Crippen molar-refractivity contribution in [1.29, 1.82) is 0 Å². The van der Waals surface area contributed by atoms with E-state index in [2.05, 4.69) is 71.4 Å². The van der Waals surface area contributed by atoms with Crippen LogP contribution in [0.5, 0.6) is 0 Å². The van der Waals surface area contributed by atoms with E-state index >= 15 is 0 Å². The van der Waals surface area contributed by atoms with Crippen molar-refractivity contribution in [3.05, 3.63) is 69.7 Å². The smallest absolute Gasteiger partial charge is 0.0891 e. The highest BCUT2D eigenvalue weighted by atomic mass is 79.9. The first kappa shape index (κ1) is 15.6. The van der Waals surface area contributed by atoms with Crippen molar-refractivity contribution < 1.29 is 0 Å². The van der Waals surface area contributed by atoms with Crippen LogP contribution in [-0.2, 0) is 0 Å². The third-order valence-electron chi connectivity index (χ3n) is 4.22. The van der Waals surface area contributed by atoms with Gasteiger partial charge in [0.2, 0.25) is 0 Å². The molecule has 0 amide bonds. The lowest BCUT2D eigenvalue weighted by Gasteiger charge is -2.05. The van der Waals surface area contributed by atoms with Crippen LogP contribution in [-0.4, -0.2) is 4.98 Å². The fraction of sp³-hybridized carbons (Fsp3) is 0.0952. The maximum Gasteiger partial charge on any atom is 0.0891 e. The minimum Gasteiger partial charge on any atom is -0.254 e. The fourth-order valence-corrected chi connectivity index (χ4v) is 4.61. The van der Waals surface area contributed by atoms with Gasteiger partial charge < -0.3 is 0 Å². The second kappa shape index (κ2) is 6.15. The molecule has 1 nitrogen and oxygen atoms in total. The van der Waals surface area contributed by atoms with Crippen LogP contribution in [0.25, 0.3) is 38.2 Å². The van der Waals surface area contributed by atoms with Crippen LogP contribution >= 0.6 is 27.3 Å². The summed E-state index contributed by atoms with van der Waals surface area (Å²) in [5.74, 6) is 0. The van der Waals surface area contributed by atoms with E-state index in [1.54, 1.807) is 0 Å². The summed E-state index contributed by atoms with van der Waals surface area (Å²) in [4.78, 5) is 6.07. The Balaban J connectivity index is 1.95. The molecular formula is C21H16BrNS. The molecule has 0 bridgehead atoms. The third kappa shape index (κ3) is 2.58. The van der Waals surface area contributed by atoms with Gasteiger partial charge in [0.25, 0.3) is 0 Å². The number of benzene rings is 2. The molecule has 0 aliphatic heterocycles. The molecule has 0 unspecified atom stereocenters. The molecule has 4 rings (SSSR count). The van der Waals surface area contributed by atoms with Gasteiger partial charge in [0.15, 0.2) is 0 Å². The van der Waals surface area contributed by atoms with Crippen molar-refractivity contribution in [1.82, 2.24) is 4.98 Å². The van der Waals surface area contributed by atoms with Crippen LogP contribution in [0, 0.1) is 6.92 Å². The van der Waals surface area contributed by atoms with Crippen LogP contribution in [0.2, 0.25) is 0 Å². The molecule has 0 N–H and O–H groups in total. The Kier molecular flexibility index (Phi) is 3.99. The molecule has 0 saturated heterocycles. The summed E-state index contributed by atoms with van der Waals surface area (Å²) in [7, 11) is 0. The van der Waals surface area contributed by atoms with Crippen molar-refractivity contribution in [2.24, 2.45) is 0 Å². The highest BCUT2D eigenvalue weighted by molar-refractivity contribution is 9.10. The first-order valence-corrected chi connectivity index (χ1v) is 9.49. The minimum absolute atomic E-state index is 1.10. The molecule has 0 spiro atoms. The molecule has 0 fully saturated rings. The van der Waals surface area contributed by atoms with Crippen molar-refractivity contribution in [2.75, 3.05) is 0 Å². The van der Waals surface area contributed by atoms with Crippen LogP contribution in [0.3, 0.4) is 0 Å². The van der Waals surface area contributed by atoms with Gasteiger partial charge in [-0.1, -0.05) is 52.3 Å². The van der Waals surface area contributed by atoms with Gasteiger partial charge in [0, 0.05) is 31.9 Å². The highest BCUT2D eigenvalue weighted by Gasteiger charge is 2.11. The van der Waals surface area contributed by atoms with E-state index in [0.717, 1.165) is 9.99 Å². The molecule has 118 valence electrons. The summed E-state index contributed by atoms with van der Waals surface area (Å²) in [6, 6.07) is 15.1. The van der Waals surface area contributed by atoms with Gasteiger partial charge in [-0.3, -0.25) is 4.98 Å². The van der Waals surface area contributed by atoms with E-state index in [-0.39, 0.29) is 0 Å². The van der Waals surface area contributed by atoms with Gasteiger partial charge in [-0.15, -0.1) is 11.3 Å². The number of rotatable bonds is 2. The Morgan fingerprint density at radius 1 is 1.08 bits per heavy atom. The van der Waals surface area contributed by atoms with E-state index in [0.29, 0.717) is 0 Å². The molecule has 0 atom stereocenters. The number of hydrogen-bond acceptors (Lipinski definition) is 2. The van der Waals surface area contributed by atoms with Gasteiger partial charge in [-0.25, -0.2) is 0 Å². The predicted molar refractivity (Wildman–Crippen MR) is 110 cm³/mol. The van der Waals surface area contributed by atoms with E-state index in [1.807, 2.05) is 30.5 Å². The number of aryl methyl sites for hydroxylation is 1. The summed E-state index contributed by atoms with van der Waals surface area (Å²) in [6.07, 6.45) is 6.23. The fourth-order valence-electron chi connectivity index (χ4n) is 3.08. The number of fused-ring (bicyclic) bond motifs is 3. The number of allylic oxidation sites excluding steroid dienone is 1. The number of aromatic nitrogens is 1. The van der Waals surface area contributed by atoms with Crippen LogP contribution < -0.4 is 0 Å². The van der Waals surface area contributed by atoms with Crippen molar-refractivity contribution in [2.45, 2.75) is 13.8 Å². The third-order valence-corrected chi connectivity index (χ3v) is 5.86. The lowest BCUT2D eigenvalue weighted by Crippen LogP contribution is -1.83. The molecule has 0 aliphatic rings. The maximum atomic E-state index is 4.75. The lowest BCUT2D eigenvalue weighted by atomic mass is 10.0. The largest absolute Gasteiger partial charge is 0.254 e. The summed E-state index contributed by atoms with van der Waals surface area (Å²) >= 11 is 5.38. The number of halogens is 1. The predicted octanol–water partition coefficient (Wildman–Crippen LogP) is 7.22. The SMILES string of the molecule is C/C=C\c1c(C)sc2c1ncc1cc(-c3cccc(Br)c3)ccc12. The van der Waals surface area contributed by atoms with E-state index in [4.69, 9.17) is 4.98 Å². The summed E-state index contributed by atoms with van der Waals surface area (Å²) < 4.78 is 2.37. The zero-order chi connectivity index (χ0) is 16.7. The van der Waals surface area contributed by atoms with Gasteiger partial charge in [-0.2, -0.15) is 0 Å². The number of thiophene rings is 1. The van der Waals surface area contributed by atoms with Crippen molar-refractivity contribution in [3.8, 4) is 11.1 Å². The van der Waals surface area contributed by atoms with E-state index in [1.165, 1.54) is 37.0 Å². The van der Waals surface area contributed by atoms with E-state index < -0.39 is 0 Å². The van der Waals surface area contributed by atoms with Crippen LogP contribution in [0.4, 0.5) is 0 Å². The molecule has 0 aliphatic carbocycles. The number of hydrogen-bond donors (Lipinski definition) is 0. The van der Waals surface area contributed by atoms with E-state index in [9.17, 15) is 0 Å². The number of pyridine rings is 1. The first-order chi connectivity index (χ1) is 11.7. The first-order valence-electron chi connectivity index (χ1n) is 7.88. The maximum absolute atomic E-state index is 4.75. The molecule has 2 aromatic heterocycles. The van der Waals surface area contributed by atoms with Gasteiger partial charge in [0.1, 0.15) is 0 Å². The quantitative estimate of drug-likeness (QED) is 0.350. The van der Waals surface area contributed by atoms with Gasteiger partial charge in [-0.05, 0) is 43.2 Å². The average Bonchev–Trinajstić information content (AvgIpc) is 2.91. The van der Waals surface area contributed by atoms with Crippen LogP contribution in [0.1, 0.15) is 17.4 Å². The Morgan fingerprint density at radius 2 is 1.92 bits per heavy atom. The molecular weight excluding hydrogens is 378 g/mol. The second-order valence-corrected chi connectivity index (χ2v) is 7.96. The molecule has 2 aromatic carbocycles. The molecule has 2 heterocycles. The Bertz CT molecular complexity index is 1090. The number of nitrogens with zero attached hydrogens (tertiary/aromatic N) is 1. The van der Waals surface area contributed by atoms with Crippen LogP contribution in [0.15, 0.2) is 59.2 Å². The zero-order valence-electron chi connectivity index (χ0n) is 13.5. The summed E-state index contributed by atoms with van der Waals surface area (Å²) in [5, 5.41) is 2.47. The standard InChI is InChI=1S/C21H16BrNS/c1-3-5-18-13(2)24-21-19-9-8-15(10-16(19)12-23-20(18)21)14-6-4-7-17(22)11-14/h3-12H,1-2H3/b5-3-. The highest BCUT2D eigenvalue weighted by Crippen LogP contribution is 2.36. The monoisotopic (exact) mass is 393 g/mol. The normalized spacial score (nSPS) is 11.8. The van der Waals surface area contributed by atoms with Crippen molar-refractivity contribution >= 4 is 54.3 Å². The van der Waals surface area contributed by atoms with Gasteiger partial charge in [0.05, 0.1) is 10.2 Å². The minimum atomic E-state index is 1.10. The molecule has 0 radical (unpaired) electrons. The Hall–Kier alpha value is -1.97. The zero-order valence-corrected chi connectivity index (χ0v) is 15.9. The average molecular weight is 394 g/mol. The second-order valence-electron chi connectivity index (χ2n) is 5.82. The Morgan fingerprint density at radius 3 is 2.71 bits per heavy atom. The topological polar surface area (TPSA) is 12.9 Å². The molecule has 3 heteroatoms. The molecule has 4 aromatic rings. The summed E-state index contributed by atoms with van der Waals surface area (Å²) in [5.41, 5.74) is 4.78. The lowest BCUT2D eigenvalue weighted by molar-refractivity contribution is 1.44. The molecule has 24 heavy (non-hydrogen) atoms.